The number of anilines is 2. The SMILES string of the molecule is Cc1cc2cnsc2nc1C(=O)Nc1ccc(N)c(C(=N)c2cnco2)c1. The molecule has 0 spiro atoms. The summed E-state index contributed by atoms with van der Waals surface area (Å²) in [7, 11) is 0. The van der Waals surface area contributed by atoms with Crippen LogP contribution in [0.25, 0.3) is 10.2 Å². The van der Waals surface area contributed by atoms with E-state index in [4.69, 9.17) is 15.6 Å². The van der Waals surface area contributed by atoms with Crippen LogP contribution < -0.4 is 11.1 Å². The minimum atomic E-state index is -0.343. The topological polar surface area (TPSA) is 131 Å². The number of carbonyl (C=O) groups excluding carboxylic acids is 1. The van der Waals surface area contributed by atoms with Crippen molar-refractivity contribution in [1.82, 2.24) is 14.3 Å². The highest BCUT2D eigenvalue weighted by atomic mass is 32.1. The lowest BCUT2D eigenvalue weighted by Gasteiger charge is -2.11. The summed E-state index contributed by atoms with van der Waals surface area (Å²) in [6.45, 7) is 1.83. The predicted molar refractivity (Wildman–Crippen MR) is 103 cm³/mol. The maximum Gasteiger partial charge on any atom is 0.274 e. The van der Waals surface area contributed by atoms with E-state index < -0.39 is 0 Å². The number of hydrogen-bond donors (Lipinski definition) is 3. The first-order chi connectivity index (χ1) is 13.0. The van der Waals surface area contributed by atoms with Crippen LogP contribution in [0.3, 0.4) is 0 Å². The molecule has 0 unspecified atom stereocenters. The summed E-state index contributed by atoms with van der Waals surface area (Å²) < 4.78 is 9.24. The van der Waals surface area contributed by atoms with E-state index in [0.29, 0.717) is 33.2 Å². The van der Waals surface area contributed by atoms with Crippen LogP contribution in [0.4, 0.5) is 11.4 Å². The van der Waals surface area contributed by atoms with Crippen molar-refractivity contribution < 1.29 is 9.21 Å². The second-order valence-corrected chi connectivity index (χ2v) is 6.65. The Hall–Kier alpha value is -3.59. The van der Waals surface area contributed by atoms with E-state index in [1.165, 1.54) is 24.1 Å². The van der Waals surface area contributed by atoms with Gasteiger partial charge < -0.3 is 15.5 Å². The van der Waals surface area contributed by atoms with E-state index in [-0.39, 0.29) is 11.6 Å². The zero-order valence-electron chi connectivity index (χ0n) is 14.2. The van der Waals surface area contributed by atoms with Crippen molar-refractivity contribution in [3.05, 3.63) is 65.6 Å². The molecule has 4 N–H and O–H groups in total. The van der Waals surface area contributed by atoms with E-state index in [1.54, 1.807) is 24.4 Å². The second-order valence-electron chi connectivity index (χ2n) is 5.87. The zero-order valence-corrected chi connectivity index (χ0v) is 15.0. The molecule has 0 fully saturated rings. The minimum absolute atomic E-state index is 0.0847. The summed E-state index contributed by atoms with van der Waals surface area (Å²) in [5.74, 6) is -0.0527. The Bertz CT molecular complexity index is 1170. The summed E-state index contributed by atoms with van der Waals surface area (Å²) in [5, 5.41) is 11.9. The fraction of sp³-hybridized carbons (Fsp3) is 0.0556. The van der Waals surface area contributed by atoms with Crippen molar-refractivity contribution in [2.45, 2.75) is 6.92 Å². The van der Waals surface area contributed by atoms with Gasteiger partial charge in [-0.2, -0.15) is 4.37 Å². The third-order valence-corrected chi connectivity index (χ3v) is 4.72. The molecule has 1 amide bonds. The smallest absolute Gasteiger partial charge is 0.274 e. The lowest BCUT2D eigenvalue weighted by Crippen LogP contribution is -2.16. The van der Waals surface area contributed by atoms with Gasteiger partial charge in [0.25, 0.3) is 5.91 Å². The molecule has 134 valence electrons. The van der Waals surface area contributed by atoms with Crippen molar-refractivity contribution >= 4 is 44.7 Å². The van der Waals surface area contributed by atoms with Gasteiger partial charge in [-0.1, -0.05) is 0 Å². The Kier molecular flexibility index (Phi) is 4.13. The molecule has 3 heterocycles. The number of amides is 1. The number of oxazole rings is 1. The van der Waals surface area contributed by atoms with Gasteiger partial charge in [0.2, 0.25) is 0 Å². The van der Waals surface area contributed by atoms with Gasteiger partial charge in [-0.25, -0.2) is 9.97 Å². The van der Waals surface area contributed by atoms with Crippen LogP contribution in [0.2, 0.25) is 0 Å². The number of aryl methyl sites for hydroxylation is 1. The average molecular weight is 378 g/mol. The van der Waals surface area contributed by atoms with Crippen LogP contribution >= 0.6 is 11.5 Å². The maximum atomic E-state index is 12.7. The summed E-state index contributed by atoms with van der Waals surface area (Å²) in [6, 6.07) is 6.81. The lowest BCUT2D eigenvalue weighted by atomic mass is 10.1. The van der Waals surface area contributed by atoms with Crippen LogP contribution in [0, 0.1) is 12.3 Å². The van der Waals surface area contributed by atoms with Crippen LogP contribution in [0.5, 0.6) is 0 Å². The van der Waals surface area contributed by atoms with E-state index in [9.17, 15) is 4.79 Å². The Morgan fingerprint density at radius 3 is 2.93 bits per heavy atom. The first kappa shape index (κ1) is 16.9. The third kappa shape index (κ3) is 3.15. The molecule has 27 heavy (non-hydrogen) atoms. The number of aromatic nitrogens is 3. The van der Waals surface area contributed by atoms with E-state index in [1.807, 2.05) is 13.0 Å². The van der Waals surface area contributed by atoms with Gasteiger partial charge in [-0.3, -0.25) is 10.2 Å². The first-order valence-corrected chi connectivity index (χ1v) is 8.71. The number of nitrogens with zero attached hydrogens (tertiary/aromatic N) is 3. The highest BCUT2D eigenvalue weighted by molar-refractivity contribution is 7.12. The van der Waals surface area contributed by atoms with Gasteiger partial charge in [-0.05, 0) is 48.3 Å². The standard InChI is InChI=1S/C18H14N6O2S/c1-9-4-10-6-22-27-18(10)24-16(9)17(25)23-11-2-3-13(19)12(5-11)15(20)14-7-21-8-26-14/h2-8,20H,19H2,1H3,(H,23,25). The number of nitrogens with one attached hydrogen (secondary N) is 2. The Morgan fingerprint density at radius 1 is 1.30 bits per heavy atom. The Labute approximate surface area is 157 Å². The monoisotopic (exact) mass is 378 g/mol. The molecule has 0 atom stereocenters. The fourth-order valence-corrected chi connectivity index (χ4v) is 3.27. The Balaban J connectivity index is 1.64. The highest BCUT2D eigenvalue weighted by Crippen LogP contribution is 2.23. The average Bonchev–Trinajstić information content (AvgIpc) is 3.33. The molecule has 0 saturated heterocycles. The van der Waals surface area contributed by atoms with Crippen LogP contribution in [-0.2, 0) is 0 Å². The molecule has 8 nitrogen and oxygen atoms in total. The quantitative estimate of drug-likeness (QED) is 0.369. The number of benzene rings is 1. The molecule has 4 rings (SSSR count). The predicted octanol–water partition coefficient (Wildman–Crippen LogP) is 3.24. The molecule has 0 radical (unpaired) electrons. The van der Waals surface area contributed by atoms with Gasteiger partial charge in [-0.15, -0.1) is 0 Å². The van der Waals surface area contributed by atoms with Gasteiger partial charge in [0.15, 0.2) is 12.2 Å². The zero-order chi connectivity index (χ0) is 19.0. The van der Waals surface area contributed by atoms with Crippen molar-refractivity contribution in [1.29, 1.82) is 5.41 Å². The second kappa shape index (κ2) is 6.61. The number of carbonyl (C=O) groups is 1. The van der Waals surface area contributed by atoms with Crippen LogP contribution in [-0.4, -0.2) is 26.0 Å². The number of rotatable bonds is 4. The van der Waals surface area contributed by atoms with Gasteiger partial charge in [0.1, 0.15) is 16.2 Å². The summed E-state index contributed by atoms with van der Waals surface area (Å²) in [5.41, 5.74) is 8.48. The van der Waals surface area contributed by atoms with Crippen molar-refractivity contribution in [3.63, 3.8) is 0 Å². The van der Waals surface area contributed by atoms with Crippen LogP contribution in [0.1, 0.15) is 27.4 Å². The molecule has 3 aromatic heterocycles. The van der Waals surface area contributed by atoms with E-state index in [2.05, 4.69) is 19.7 Å². The van der Waals surface area contributed by atoms with Crippen molar-refractivity contribution in [3.8, 4) is 0 Å². The molecular weight excluding hydrogens is 364 g/mol. The van der Waals surface area contributed by atoms with Gasteiger partial charge >= 0.3 is 0 Å². The number of nitrogen functional groups attached to an aromatic ring is 1. The van der Waals surface area contributed by atoms with Gasteiger partial charge in [0.05, 0.1) is 12.4 Å². The van der Waals surface area contributed by atoms with Crippen LogP contribution in [0.15, 0.2) is 47.5 Å². The molecule has 9 heteroatoms. The largest absolute Gasteiger partial charge is 0.442 e. The maximum absolute atomic E-state index is 12.7. The normalized spacial score (nSPS) is 10.9. The minimum Gasteiger partial charge on any atom is -0.442 e. The van der Waals surface area contributed by atoms with E-state index >= 15 is 0 Å². The molecular formula is C18H14N6O2S. The van der Waals surface area contributed by atoms with Gasteiger partial charge in [0, 0.05) is 22.3 Å². The highest BCUT2D eigenvalue weighted by Gasteiger charge is 2.16. The number of nitrogens with two attached hydrogens (primary N) is 1. The summed E-state index contributed by atoms with van der Waals surface area (Å²) in [6.07, 6.45) is 4.41. The molecule has 1 aromatic carbocycles. The fourth-order valence-electron chi connectivity index (χ4n) is 2.66. The molecule has 0 bridgehead atoms. The van der Waals surface area contributed by atoms with E-state index in [0.717, 1.165) is 10.9 Å². The molecule has 0 aliphatic carbocycles. The summed E-state index contributed by atoms with van der Waals surface area (Å²) in [4.78, 5) is 21.6. The summed E-state index contributed by atoms with van der Waals surface area (Å²) >= 11 is 1.24. The molecule has 4 aromatic rings. The first-order valence-electron chi connectivity index (χ1n) is 7.93. The molecule has 0 aliphatic rings. The Morgan fingerprint density at radius 2 is 2.15 bits per heavy atom. The molecule has 0 aliphatic heterocycles. The van der Waals surface area contributed by atoms with Crippen molar-refractivity contribution in [2.75, 3.05) is 11.1 Å². The lowest BCUT2D eigenvalue weighted by molar-refractivity contribution is 0.102. The molecule has 0 saturated carbocycles. The number of hydrogen-bond acceptors (Lipinski definition) is 8. The number of pyridine rings is 1. The van der Waals surface area contributed by atoms with Crippen molar-refractivity contribution in [2.24, 2.45) is 0 Å². The number of fused-ring (bicyclic) bond motifs is 1. The third-order valence-electron chi connectivity index (χ3n) is 4.01.